The van der Waals surface area contributed by atoms with Crippen LogP contribution in [0.5, 0.6) is 0 Å². The van der Waals surface area contributed by atoms with Crippen LogP contribution in [-0.4, -0.2) is 24.9 Å². The molecule has 4 nitrogen and oxygen atoms in total. The van der Waals surface area contributed by atoms with Crippen molar-refractivity contribution in [2.75, 3.05) is 6.26 Å². The van der Waals surface area contributed by atoms with Crippen molar-refractivity contribution in [3.05, 3.63) is 56.9 Å². The minimum Gasteiger partial charge on any atom is -0.273 e. The minimum absolute atomic E-state index is 0.0409. The largest absolute Gasteiger partial charge is 0.433 e. The lowest BCUT2D eigenvalue weighted by Gasteiger charge is -2.09. The number of hydrogen-bond donors (Lipinski definition) is 1. The number of aromatic amines is 1. The molecule has 0 amide bonds. The standard InChI is InChI=1S/C17H14ClF3N2O2S2/c1-27(24,25)12-6-2-10(3-7-12)15-13(16(23-22-15)17(19,20)21)8-4-11-5-9-14(18)26-11/h2-3,5-7,9H,4,8H2,1H3,(H,22,23). The van der Waals surface area contributed by atoms with Crippen LogP contribution in [0.4, 0.5) is 13.2 Å². The first-order valence-electron chi connectivity index (χ1n) is 7.75. The molecule has 0 radical (unpaired) electrons. The van der Waals surface area contributed by atoms with E-state index < -0.39 is 21.7 Å². The highest BCUT2D eigenvalue weighted by Gasteiger charge is 2.37. The fraction of sp³-hybridized carbons (Fsp3) is 0.235. The monoisotopic (exact) mass is 434 g/mol. The number of hydrogen-bond acceptors (Lipinski definition) is 4. The number of nitrogens with zero attached hydrogens (tertiary/aromatic N) is 1. The van der Waals surface area contributed by atoms with Crippen molar-refractivity contribution in [1.82, 2.24) is 10.2 Å². The second-order valence-corrected chi connectivity index (χ2v) is 9.74. The summed E-state index contributed by atoms with van der Waals surface area (Å²) in [5.41, 5.74) is -0.287. The molecule has 0 fully saturated rings. The Labute approximate surface area is 162 Å². The number of rotatable bonds is 5. The number of nitrogens with one attached hydrogen (secondary N) is 1. The molecule has 3 rings (SSSR count). The lowest BCUT2D eigenvalue weighted by molar-refractivity contribution is -0.141. The first-order chi connectivity index (χ1) is 12.6. The van der Waals surface area contributed by atoms with Crippen molar-refractivity contribution < 1.29 is 21.6 Å². The van der Waals surface area contributed by atoms with Gasteiger partial charge in [-0.05, 0) is 37.1 Å². The molecule has 0 saturated heterocycles. The lowest BCUT2D eigenvalue weighted by Crippen LogP contribution is -2.09. The van der Waals surface area contributed by atoms with Crippen LogP contribution in [0, 0.1) is 0 Å². The predicted molar refractivity (Wildman–Crippen MR) is 98.9 cm³/mol. The third-order valence-electron chi connectivity index (χ3n) is 3.96. The van der Waals surface area contributed by atoms with Gasteiger partial charge in [0.15, 0.2) is 9.84 Å². The number of thiophene rings is 1. The van der Waals surface area contributed by atoms with Gasteiger partial charge in [-0.3, -0.25) is 5.10 Å². The number of aryl methyl sites for hydroxylation is 1. The number of halogens is 4. The molecule has 0 saturated carbocycles. The van der Waals surface area contributed by atoms with Gasteiger partial charge < -0.3 is 0 Å². The molecule has 0 unspecified atom stereocenters. The van der Waals surface area contributed by atoms with E-state index in [1.165, 1.54) is 35.6 Å². The van der Waals surface area contributed by atoms with E-state index in [9.17, 15) is 21.6 Å². The Hall–Kier alpha value is -1.84. The number of benzene rings is 1. The Balaban J connectivity index is 1.98. The molecule has 27 heavy (non-hydrogen) atoms. The highest BCUT2D eigenvalue weighted by molar-refractivity contribution is 7.90. The molecule has 0 aliphatic carbocycles. The average Bonchev–Trinajstić information content (AvgIpc) is 3.18. The molecule has 0 aliphatic heterocycles. The van der Waals surface area contributed by atoms with Crippen LogP contribution in [0.25, 0.3) is 11.3 Å². The van der Waals surface area contributed by atoms with Crippen LogP contribution >= 0.6 is 22.9 Å². The van der Waals surface area contributed by atoms with Gasteiger partial charge in [-0.25, -0.2) is 8.42 Å². The van der Waals surface area contributed by atoms with E-state index >= 15 is 0 Å². The minimum atomic E-state index is -4.57. The lowest BCUT2D eigenvalue weighted by atomic mass is 10.0. The quantitative estimate of drug-likeness (QED) is 0.614. The highest BCUT2D eigenvalue weighted by Crippen LogP contribution is 2.36. The summed E-state index contributed by atoms with van der Waals surface area (Å²) in [6, 6.07) is 9.11. The van der Waals surface area contributed by atoms with E-state index in [0.29, 0.717) is 16.3 Å². The Bertz CT molecular complexity index is 1050. The molecule has 0 bridgehead atoms. The van der Waals surface area contributed by atoms with Gasteiger partial charge in [0.25, 0.3) is 0 Å². The van der Waals surface area contributed by atoms with Crippen LogP contribution in [0.2, 0.25) is 4.34 Å². The Morgan fingerprint density at radius 1 is 1.11 bits per heavy atom. The number of alkyl halides is 3. The fourth-order valence-electron chi connectivity index (χ4n) is 2.68. The first-order valence-corrected chi connectivity index (χ1v) is 10.8. The van der Waals surface area contributed by atoms with Crippen LogP contribution in [0.1, 0.15) is 16.1 Å². The van der Waals surface area contributed by atoms with Gasteiger partial charge in [-0.1, -0.05) is 23.7 Å². The van der Waals surface area contributed by atoms with Gasteiger partial charge in [0, 0.05) is 22.3 Å². The normalized spacial score (nSPS) is 12.5. The summed E-state index contributed by atoms with van der Waals surface area (Å²) in [5.74, 6) is 0. The van der Waals surface area contributed by atoms with Crippen molar-refractivity contribution in [2.45, 2.75) is 23.9 Å². The molecule has 2 heterocycles. The smallest absolute Gasteiger partial charge is 0.273 e. The van der Waals surface area contributed by atoms with Crippen LogP contribution in [0.3, 0.4) is 0 Å². The molecule has 0 aliphatic rings. The van der Waals surface area contributed by atoms with Gasteiger partial charge in [0.2, 0.25) is 0 Å². The van der Waals surface area contributed by atoms with Gasteiger partial charge in [-0.2, -0.15) is 18.3 Å². The van der Waals surface area contributed by atoms with Crippen molar-refractivity contribution in [2.24, 2.45) is 0 Å². The van der Waals surface area contributed by atoms with E-state index in [2.05, 4.69) is 10.2 Å². The van der Waals surface area contributed by atoms with Crippen LogP contribution < -0.4 is 0 Å². The maximum absolute atomic E-state index is 13.4. The summed E-state index contributed by atoms with van der Waals surface area (Å²) in [6.07, 6.45) is -3.00. The third kappa shape index (κ3) is 4.53. The molecular weight excluding hydrogens is 421 g/mol. The van der Waals surface area contributed by atoms with E-state index in [0.717, 1.165) is 11.1 Å². The van der Waals surface area contributed by atoms with E-state index in [4.69, 9.17) is 11.6 Å². The third-order valence-corrected chi connectivity index (χ3v) is 6.38. The summed E-state index contributed by atoms with van der Waals surface area (Å²) < 4.78 is 63.8. The van der Waals surface area contributed by atoms with E-state index in [1.807, 2.05) is 0 Å². The Morgan fingerprint density at radius 3 is 2.30 bits per heavy atom. The van der Waals surface area contributed by atoms with Crippen LogP contribution in [-0.2, 0) is 28.9 Å². The number of aromatic nitrogens is 2. The van der Waals surface area contributed by atoms with Gasteiger partial charge >= 0.3 is 6.18 Å². The zero-order valence-corrected chi connectivity index (χ0v) is 16.4. The number of H-pyrrole nitrogens is 1. The topological polar surface area (TPSA) is 62.8 Å². The first kappa shape index (κ1) is 19.9. The number of sulfone groups is 1. The Morgan fingerprint density at radius 2 is 1.78 bits per heavy atom. The highest BCUT2D eigenvalue weighted by atomic mass is 35.5. The summed E-state index contributed by atoms with van der Waals surface area (Å²) in [5, 5.41) is 5.93. The van der Waals surface area contributed by atoms with Gasteiger partial charge in [0.1, 0.15) is 5.69 Å². The molecular formula is C17H14ClF3N2O2S2. The molecule has 0 atom stereocenters. The molecule has 1 aromatic carbocycles. The maximum Gasteiger partial charge on any atom is 0.433 e. The molecule has 144 valence electrons. The molecule has 1 N–H and O–H groups in total. The zero-order chi connectivity index (χ0) is 19.8. The van der Waals surface area contributed by atoms with Crippen LogP contribution in [0.15, 0.2) is 41.3 Å². The molecule has 2 aromatic heterocycles. The van der Waals surface area contributed by atoms with E-state index in [1.54, 1.807) is 12.1 Å². The fourth-order valence-corrected chi connectivity index (χ4v) is 4.39. The van der Waals surface area contributed by atoms with Gasteiger partial charge in [-0.15, -0.1) is 11.3 Å². The van der Waals surface area contributed by atoms with Crippen molar-refractivity contribution in [3.63, 3.8) is 0 Å². The molecule has 0 spiro atoms. The molecule has 3 aromatic rings. The maximum atomic E-state index is 13.4. The second-order valence-electron chi connectivity index (χ2n) is 5.93. The summed E-state index contributed by atoms with van der Waals surface area (Å²) >= 11 is 7.19. The van der Waals surface area contributed by atoms with Crippen molar-refractivity contribution >= 4 is 32.8 Å². The Kier molecular flexibility index (Phi) is 5.38. The summed E-state index contributed by atoms with van der Waals surface area (Å²) in [7, 11) is -3.39. The van der Waals surface area contributed by atoms with Crippen molar-refractivity contribution in [3.8, 4) is 11.3 Å². The second kappa shape index (κ2) is 7.29. The van der Waals surface area contributed by atoms with Crippen molar-refractivity contribution in [1.29, 1.82) is 0 Å². The SMILES string of the molecule is CS(=O)(=O)c1ccc(-c2n[nH]c(C(F)(F)F)c2CCc2ccc(Cl)s2)cc1. The molecule has 10 heteroatoms. The van der Waals surface area contributed by atoms with Gasteiger partial charge in [0.05, 0.1) is 14.9 Å². The van der Waals surface area contributed by atoms with E-state index in [-0.39, 0.29) is 22.6 Å². The summed E-state index contributed by atoms with van der Waals surface area (Å²) in [6.45, 7) is 0. The summed E-state index contributed by atoms with van der Waals surface area (Å²) in [4.78, 5) is 0.959. The zero-order valence-electron chi connectivity index (χ0n) is 14.0. The average molecular weight is 435 g/mol. The predicted octanol–water partition coefficient (Wildman–Crippen LogP) is 5.00.